The molecule has 1 aliphatic rings. The molecule has 1 aliphatic carbocycles. The van der Waals surface area contributed by atoms with Crippen LogP contribution >= 0.6 is 0 Å². The van der Waals surface area contributed by atoms with Gasteiger partial charge in [0.1, 0.15) is 6.73 Å². The van der Waals surface area contributed by atoms with Crippen molar-refractivity contribution in [2.24, 2.45) is 0 Å². The zero-order valence-corrected chi connectivity index (χ0v) is 13.3. The van der Waals surface area contributed by atoms with E-state index in [1.54, 1.807) is 0 Å². The second-order valence-electron chi connectivity index (χ2n) is 6.77. The molecule has 1 fully saturated rings. The lowest BCUT2D eigenvalue weighted by Crippen LogP contribution is -2.22. The maximum absolute atomic E-state index is 9.89. The highest BCUT2D eigenvalue weighted by atomic mass is 28.3. The van der Waals surface area contributed by atoms with Gasteiger partial charge in [-0.15, -0.1) is 0 Å². The molecule has 0 spiro atoms. The summed E-state index contributed by atoms with van der Waals surface area (Å²) in [5.41, 5.74) is 1.15. The van der Waals surface area contributed by atoms with Crippen LogP contribution < -0.4 is 0 Å². The van der Waals surface area contributed by atoms with Crippen LogP contribution in [0.25, 0.3) is 0 Å². The quantitative estimate of drug-likeness (QED) is 0.644. The summed E-state index contributed by atoms with van der Waals surface area (Å²) in [5, 5.41) is 14.2. The smallest absolute Gasteiger partial charge is 0.139 e. The molecular weight excluding hydrogens is 256 g/mol. The summed E-state index contributed by atoms with van der Waals surface area (Å²) in [7, 11) is -1.01. The van der Waals surface area contributed by atoms with Gasteiger partial charge in [0.25, 0.3) is 0 Å². The summed E-state index contributed by atoms with van der Waals surface area (Å²) >= 11 is 0. The fraction of sp³-hybridized carbons (Fsp3) is 0.786. The predicted octanol–water partition coefficient (Wildman–Crippen LogP) is 2.82. The number of aliphatic hydroxyl groups is 1. The monoisotopic (exact) mass is 282 g/mol. The van der Waals surface area contributed by atoms with Crippen LogP contribution in [0.4, 0.5) is 0 Å². The molecule has 1 aromatic heterocycles. The molecule has 2 atom stereocenters. The number of aromatic nitrogens is 2. The first-order valence-electron chi connectivity index (χ1n) is 7.24. The Hall–Kier alpha value is -0.653. The van der Waals surface area contributed by atoms with Crippen LogP contribution in [-0.4, -0.2) is 35.7 Å². The Morgan fingerprint density at radius 1 is 1.42 bits per heavy atom. The van der Waals surface area contributed by atoms with Crippen molar-refractivity contribution in [3.63, 3.8) is 0 Å². The molecule has 1 N–H and O–H groups in total. The van der Waals surface area contributed by atoms with Gasteiger partial charge in [0.15, 0.2) is 0 Å². The van der Waals surface area contributed by atoms with E-state index >= 15 is 0 Å². The topological polar surface area (TPSA) is 47.3 Å². The summed E-state index contributed by atoms with van der Waals surface area (Å²) in [6.45, 7) is 8.39. The van der Waals surface area contributed by atoms with Crippen molar-refractivity contribution in [1.29, 1.82) is 0 Å². The molecule has 108 valence electrons. The van der Waals surface area contributed by atoms with E-state index in [0.717, 1.165) is 31.4 Å². The summed E-state index contributed by atoms with van der Waals surface area (Å²) in [4.78, 5) is 0. The number of hydrogen-bond acceptors (Lipinski definition) is 3. The highest BCUT2D eigenvalue weighted by Gasteiger charge is 2.27. The van der Waals surface area contributed by atoms with Crippen LogP contribution in [0.2, 0.25) is 25.7 Å². The minimum Gasteiger partial charge on any atom is -0.392 e. The zero-order valence-electron chi connectivity index (χ0n) is 12.3. The van der Waals surface area contributed by atoms with E-state index in [2.05, 4.69) is 24.7 Å². The number of nitrogens with zero attached hydrogens (tertiary/aromatic N) is 2. The molecule has 1 aromatic rings. The van der Waals surface area contributed by atoms with E-state index in [4.69, 9.17) is 4.74 Å². The van der Waals surface area contributed by atoms with Crippen molar-refractivity contribution >= 4 is 8.07 Å². The summed E-state index contributed by atoms with van der Waals surface area (Å²) in [6.07, 6.45) is 6.81. The van der Waals surface area contributed by atoms with Crippen LogP contribution in [0.3, 0.4) is 0 Å². The van der Waals surface area contributed by atoms with Gasteiger partial charge < -0.3 is 9.84 Å². The first kappa shape index (κ1) is 14.7. The van der Waals surface area contributed by atoms with Crippen molar-refractivity contribution in [1.82, 2.24) is 9.78 Å². The van der Waals surface area contributed by atoms with Gasteiger partial charge in [0, 0.05) is 26.8 Å². The molecule has 0 aliphatic heterocycles. The third-order valence-corrected chi connectivity index (χ3v) is 5.48. The van der Waals surface area contributed by atoms with Crippen LogP contribution in [0.15, 0.2) is 12.4 Å². The Labute approximate surface area is 116 Å². The predicted molar refractivity (Wildman–Crippen MR) is 78.9 cm³/mol. The van der Waals surface area contributed by atoms with E-state index in [1.807, 2.05) is 17.1 Å². The third kappa shape index (κ3) is 4.44. The maximum atomic E-state index is 9.89. The first-order valence-corrected chi connectivity index (χ1v) is 10.9. The fourth-order valence-corrected chi connectivity index (χ4v) is 3.26. The molecule has 19 heavy (non-hydrogen) atoms. The number of rotatable bonds is 6. The molecular formula is C14H26N2O2Si. The van der Waals surface area contributed by atoms with Gasteiger partial charge in [0.2, 0.25) is 0 Å². The highest BCUT2D eigenvalue weighted by molar-refractivity contribution is 6.76. The lowest BCUT2D eigenvalue weighted by atomic mass is 9.99. The minimum atomic E-state index is -1.01. The minimum absolute atomic E-state index is 0.189. The van der Waals surface area contributed by atoms with Crippen molar-refractivity contribution in [2.45, 2.75) is 63.7 Å². The van der Waals surface area contributed by atoms with Crippen LogP contribution in [0, 0.1) is 0 Å². The van der Waals surface area contributed by atoms with Gasteiger partial charge in [-0.25, -0.2) is 4.68 Å². The van der Waals surface area contributed by atoms with Crippen molar-refractivity contribution in [3.8, 4) is 0 Å². The number of hydrogen-bond donors (Lipinski definition) is 1. The molecule has 5 heteroatoms. The van der Waals surface area contributed by atoms with Crippen molar-refractivity contribution in [2.75, 3.05) is 6.61 Å². The molecule has 0 saturated heterocycles. The first-order chi connectivity index (χ1) is 8.96. The second-order valence-corrected chi connectivity index (χ2v) is 12.4. The van der Waals surface area contributed by atoms with Crippen molar-refractivity contribution < 1.29 is 9.84 Å². The summed E-state index contributed by atoms with van der Waals surface area (Å²) in [6, 6.07) is 1.18. The molecule has 4 nitrogen and oxygen atoms in total. The van der Waals surface area contributed by atoms with E-state index in [9.17, 15) is 5.11 Å². The Bertz CT molecular complexity index is 400. The van der Waals surface area contributed by atoms with E-state index < -0.39 is 8.07 Å². The molecule has 1 saturated carbocycles. The van der Waals surface area contributed by atoms with Gasteiger partial charge in [-0.1, -0.05) is 26.1 Å². The highest BCUT2D eigenvalue weighted by Crippen LogP contribution is 2.34. The normalized spacial score (nSPS) is 24.0. The van der Waals surface area contributed by atoms with Gasteiger partial charge in [-0.3, -0.25) is 0 Å². The molecule has 2 unspecified atom stereocenters. The van der Waals surface area contributed by atoms with E-state index in [0.29, 0.717) is 6.73 Å². The van der Waals surface area contributed by atoms with Gasteiger partial charge in [-0.05, 0) is 24.4 Å². The second kappa shape index (κ2) is 6.20. The third-order valence-electron chi connectivity index (χ3n) is 3.78. The van der Waals surface area contributed by atoms with E-state index in [-0.39, 0.29) is 12.0 Å². The number of ether oxygens (including phenoxy) is 1. The zero-order chi connectivity index (χ0) is 13.9. The summed E-state index contributed by atoms with van der Waals surface area (Å²) in [5.74, 6) is 0.274. The van der Waals surface area contributed by atoms with Crippen molar-refractivity contribution in [3.05, 3.63) is 18.0 Å². The van der Waals surface area contributed by atoms with E-state index in [1.165, 1.54) is 6.04 Å². The molecule has 0 bridgehead atoms. The average molecular weight is 282 g/mol. The fourth-order valence-electron chi connectivity index (χ4n) is 2.51. The molecule has 1 heterocycles. The molecule has 2 rings (SSSR count). The number of aliphatic hydroxyl groups excluding tert-OH is 1. The lowest BCUT2D eigenvalue weighted by molar-refractivity contribution is 0.0784. The Morgan fingerprint density at radius 3 is 2.84 bits per heavy atom. The Kier molecular flexibility index (Phi) is 4.81. The Balaban J connectivity index is 1.78. The molecule has 0 aromatic carbocycles. The van der Waals surface area contributed by atoms with Gasteiger partial charge >= 0.3 is 0 Å². The SMILES string of the molecule is C[Si](C)(C)CCOCn1cc(C2CCCC2O)cn1. The van der Waals surface area contributed by atoms with Crippen LogP contribution in [-0.2, 0) is 11.5 Å². The van der Waals surface area contributed by atoms with Crippen LogP contribution in [0.5, 0.6) is 0 Å². The average Bonchev–Trinajstić information content (AvgIpc) is 2.91. The molecule has 0 amide bonds. The molecule has 0 radical (unpaired) electrons. The lowest BCUT2D eigenvalue weighted by Gasteiger charge is -2.15. The Morgan fingerprint density at radius 2 is 2.21 bits per heavy atom. The standard InChI is InChI=1S/C14H26N2O2Si/c1-19(2,3)8-7-18-11-16-10-12(9-15-16)13-5-4-6-14(13)17/h9-10,13-14,17H,4-8,11H2,1-3H3. The van der Waals surface area contributed by atoms with Gasteiger partial charge in [0.05, 0.1) is 12.3 Å². The van der Waals surface area contributed by atoms with Gasteiger partial charge in [-0.2, -0.15) is 5.10 Å². The largest absolute Gasteiger partial charge is 0.392 e. The maximum Gasteiger partial charge on any atom is 0.139 e. The summed E-state index contributed by atoms with van der Waals surface area (Å²) < 4.78 is 7.51. The van der Waals surface area contributed by atoms with Crippen LogP contribution in [0.1, 0.15) is 30.7 Å².